The summed E-state index contributed by atoms with van der Waals surface area (Å²) in [6, 6.07) is 9.85. The van der Waals surface area contributed by atoms with Crippen LogP contribution >= 0.6 is 0 Å². The third-order valence-electron chi connectivity index (χ3n) is 3.96. The van der Waals surface area contributed by atoms with E-state index in [1.165, 1.54) is 0 Å². The molecule has 1 aromatic rings. The highest BCUT2D eigenvalue weighted by molar-refractivity contribution is 5.15. The number of hydrogen-bond acceptors (Lipinski definition) is 5. The monoisotopic (exact) mass is 306 g/mol. The summed E-state index contributed by atoms with van der Waals surface area (Å²) in [5.74, 6) is -1.86. The van der Waals surface area contributed by atoms with Gasteiger partial charge in [0.05, 0.1) is 13.2 Å². The van der Waals surface area contributed by atoms with Crippen LogP contribution in [0.4, 0.5) is 0 Å². The van der Waals surface area contributed by atoms with E-state index >= 15 is 0 Å². The molecule has 5 heteroatoms. The predicted octanol–water partition coefficient (Wildman–Crippen LogP) is 2.00. The smallest absolute Gasteiger partial charge is 0.220 e. The summed E-state index contributed by atoms with van der Waals surface area (Å²) in [4.78, 5) is 0. The van der Waals surface area contributed by atoms with Crippen LogP contribution < -0.4 is 0 Å². The predicted molar refractivity (Wildman–Crippen MR) is 79.9 cm³/mol. The van der Waals surface area contributed by atoms with E-state index in [0.29, 0.717) is 6.61 Å². The minimum atomic E-state index is -1.07. The minimum absolute atomic E-state index is 0.168. The molecule has 4 atom stereocenters. The third kappa shape index (κ3) is 2.71. The van der Waals surface area contributed by atoms with Crippen molar-refractivity contribution in [2.75, 3.05) is 6.61 Å². The van der Waals surface area contributed by atoms with E-state index < -0.39 is 29.9 Å². The summed E-state index contributed by atoms with van der Waals surface area (Å²) in [5.41, 5.74) is 1.05. The summed E-state index contributed by atoms with van der Waals surface area (Å²) >= 11 is 0. The molecule has 0 aromatic heterocycles. The summed E-state index contributed by atoms with van der Waals surface area (Å²) in [6.07, 6.45) is 0.190. The highest BCUT2D eigenvalue weighted by Crippen LogP contribution is 2.47. The van der Waals surface area contributed by atoms with Gasteiger partial charge in [0, 0.05) is 0 Å². The lowest BCUT2D eigenvalue weighted by molar-refractivity contribution is -0.248. The SMILES string of the molecule is C=C[C@@]12O[C@@H](CO)[C@H](OCc3ccccc3)[C@@H]1OC(C)(C)O2. The second kappa shape index (κ2) is 5.76. The maximum atomic E-state index is 9.58. The van der Waals surface area contributed by atoms with Crippen molar-refractivity contribution in [2.24, 2.45) is 0 Å². The Morgan fingerprint density at radius 2 is 2.00 bits per heavy atom. The molecule has 22 heavy (non-hydrogen) atoms. The largest absolute Gasteiger partial charge is 0.394 e. The van der Waals surface area contributed by atoms with Crippen LogP contribution in [-0.4, -0.2) is 41.6 Å². The molecule has 1 aromatic carbocycles. The second-order valence-corrected chi connectivity index (χ2v) is 6.07. The van der Waals surface area contributed by atoms with Gasteiger partial charge in [-0.1, -0.05) is 36.9 Å². The highest BCUT2D eigenvalue weighted by Gasteiger charge is 2.63. The quantitative estimate of drug-likeness (QED) is 0.843. The van der Waals surface area contributed by atoms with Crippen molar-refractivity contribution >= 4 is 0 Å². The Morgan fingerprint density at radius 1 is 1.27 bits per heavy atom. The highest BCUT2D eigenvalue weighted by atomic mass is 16.9. The van der Waals surface area contributed by atoms with Crippen molar-refractivity contribution in [3.8, 4) is 0 Å². The first kappa shape index (κ1) is 15.6. The lowest BCUT2D eigenvalue weighted by Crippen LogP contribution is -2.40. The Balaban J connectivity index is 1.78. The molecule has 2 aliphatic heterocycles. The van der Waals surface area contributed by atoms with Crippen molar-refractivity contribution in [3.63, 3.8) is 0 Å². The fraction of sp³-hybridized carbons (Fsp3) is 0.529. The molecule has 120 valence electrons. The summed E-state index contributed by atoms with van der Waals surface area (Å²) in [6.45, 7) is 7.69. The summed E-state index contributed by atoms with van der Waals surface area (Å²) in [7, 11) is 0. The van der Waals surface area contributed by atoms with Crippen LogP contribution in [0.2, 0.25) is 0 Å². The van der Waals surface area contributed by atoms with Gasteiger partial charge in [0.25, 0.3) is 0 Å². The number of ether oxygens (including phenoxy) is 4. The molecule has 5 nitrogen and oxygen atoms in total. The fourth-order valence-electron chi connectivity index (χ4n) is 3.05. The molecule has 0 saturated carbocycles. The maximum absolute atomic E-state index is 9.58. The lowest BCUT2D eigenvalue weighted by atomic mass is 10.1. The first-order valence-corrected chi connectivity index (χ1v) is 7.45. The molecule has 0 unspecified atom stereocenters. The molecule has 2 fully saturated rings. The fourth-order valence-corrected chi connectivity index (χ4v) is 3.05. The number of hydrogen-bond donors (Lipinski definition) is 1. The van der Waals surface area contributed by atoms with E-state index in [0.717, 1.165) is 5.56 Å². The van der Waals surface area contributed by atoms with Gasteiger partial charge >= 0.3 is 0 Å². The van der Waals surface area contributed by atoms with Crippen molar-refractivity contribution in [1.29, 1.82) is 0 Å². The Morgan fingerprint density at radius 3 is 2.64 bits per heavy atom. The second-order valence-electron chi connectivity index (χ2n) is 6.07. The van der Waals surface area contributed by atoms with E-state index in [9.17, 15) is 5.11 Å². The van der Waals surface area contributed by atoms with Gasteiger partial charge in [0.1, 0.15) is 18.3 Å². The number of benzene rings is 1. The summed E-state index contributed by atoms with van der Waals surface area (Å²) < 4.78 is 23.7. The molecular weight excluding hydrogens is 284 g/mol. The van der Waals surface area contributed by atoms with Gasteiger partial charge in [-0.3, -0.25) is 0 Å². The number of aliphatic hydroxyl groups is 1. The zero-order valence-corrected chi connectivity index (χ0v) is 12.9. The van der Waals surface area contributed by atoms with Crippen LogP contribution in [-0.2, 0) is 25.6 Å². The molecular formula is C17H22O5. The van der Waals surface area contributed by atoms with Crippen molar-refractivity contribution < 1.29 is 24.1 Å². The van der Waals surface area contributed by atoms with E-state index in [1.54, 1.807) is 6.08 Å². The molecule has 2 aliphatic rings. The van der Waals surface area contributed by atoms with Crippen LogP contribution in [0.1, 0.15) is 19.4 Å². The Hall–Kier alpha value is -1.24. The topological polar surface area (TPSA) is 57.2 Å². The van der Waals surface area contributed by atoms with Gasteiger partial charge in [-0.2, -0.15) is 0 Å². The van der Waals surface area contributed by atoms with Crippen LogP contribution in [0.15, 0.2) is 43.0 Å². The average molecular weight is 306 g/mol. The Labute approximate surface area is 130 Å². The molecule has 2 saturated heterocycles. The molecule has 0 radical (unpaired) electrons. The van der Waals surface area contributed by atoms with Crippen LogP contribution in [0, 0.1) is 0 Å². The first-order chi connectivity index (χ1) is 10.5. The lowest BCUT2D eigenvalue weighted by Gasteiger charge is -2.26. The van der Waals surface area contributed by atoms with Crippen molar-refractivity contribution in [1.82, 2.24) is 0 Å². The van der Waals surface area contributed by atoms with Crippen LogP contribution in [0.5, 0.6) is 0 Å². The van der Waals surface area contributed by atoms with Crippen LogP contribution in [0.25, 0.3) is 0 Å². The van der Waals surface area contributed by atoms with Gasteiger partial charge in [0.2, 0.25) is 5.79 Å². The molecule has 3 rings (SSSR count). The van der Waals surface area contributed by atoms with E-state index in [1.807, 2.05) is 44.2 Å². The molecule has 2 heterocycles. The maximum Gasteiger partial charge on any atom is 0.220 e. The number of rotatable bonds is 5. The molecule has 0 spiro atoms. The Bertz CT molecular complexity index is 529. The van der Waals surface area contributed by atoms with Crippen LogP contribution in [0.3, 0.4) is 0 Å². The standard InChI is InChI=1S/C17H22O5/c1-4-17-15(21-16(2,3)22-17)14(13(10-18)20-17)19-11-12-8-6-5-7-9-12/h4-9,13-15,18H,1,10-11H2,2-3H3/t13-,14-,15-,17-/m0/s1. The normalized spacial score (nSPS) is 36.2. The number of fused-ring (bicyclic) bond motifs is 1. The van der Waals surface area contributed by atoms with Crippen molar-refractivity contribution in [3.05, 3.63) is 48.6 Å². The molecule has 0 aliphatic carbocycles. The van der Waals surface area contributed by atoms with E-state index in [4.69, 9.17) is 18.9 Å². The third-order valence-corrected chi connectivity index (χ3v) is 3.96. The van der Waals surface area contributed by atoms with Crippen molar-refractivity contribution in [2.45, 2.75) is 50.3 Å². The molecule has 1 N–H and O–H groups in total. The van der Waals surface area contributed by atoms with Gasteiger partial charge < -0.3 is 24.1 Å². The van der Waals surface area contributed by atoms with E-state index in [2.05, 4.69) is 6.58 Å². The summed E-state index contributed by atoms with van der Waals surface area (Å²) in [5, 5.41) is 9.58. The zero-order chi connectivity index (χ0) is 15.8. The first-order valence-electron chi connectivity index (χ1n) is 7.45. The van der Waals surface area contributed by atoms with Gasteiger partial charge in [-0.25, -0.2) is 0 Å². The van der Waals surface area contributed by atoms with Gasteiger partial charge in [-0.05, 0) is 25.5 Å². The zero-order valence-electron chi connectivity index (χ0n) is 12.9. The average Bonchev–Trinajstić information content (AvgIpc) is 2.93. The van der Waals surface area contributed by atoms with Gasteiger partial charge in [-0.15, -0.1) is 0 Å². The van der Waals surface area contributed by atoms with Gasteiger partial charge in [0.15, 0.2) is 5.79 Å². The van der Waals surface area contributed by atoms with E-state index in [-0.39, 0.29) is 6.61 Å². The number of aliphatic hydroxyl groups excluding tert-OH is 1. The molecule has 0 bridgehead atoms. The minimum Gasteiger partial charge on any atom is -0.394 e. The Kier molecular flexibility index (Phi) is 4.09. The molecule has 0 amide bonds.